The highest BCUT2D eigenvalue weighted by molar-refractivity contribution is 5.01. The van der Waals surface area contributed by atoms with Crippen LogP contribution in [0, 0.1) is 0 Å². The molecule has 1 N–H and O–H groups in total. The normalized spacial score (nSPS) is 27.2. The van der Waals surface area contributed by atoms with E-state index in [0.717, 1.165) is 26.2 Å². The summed E-state index contributed by atoms with van der Waals surface area (Å²) in [5.74, 6) is 0. The Labute approximate surface area is 97.6 Å². The standard InChI is InChI=1S/C12H22N4/c1-4-16-12(5-6-14-16)9-15-8-10(2)13-7-11(15)3/h5-6,10-11,13H,4,7-9H2,1-3H3. The lowest BCUT2D eigenvalue weighted by Gasteiger charge is -2.37. The highest BCUT2D eigenvalue weighted by Crippen LogP contribution is 2.12. The number of piperazine rings is 1. The summed E-state index contributed by atoms with van der Waals surface area (Å²) in [6.07, 6.45) is 1.90. The lowest BCUT2D eigenvalue weighted by molar-refractivity contribution is 0.135. The van der Waals surface area contributed by atoms with Gasteiger partial charge in [0.15, 0.2) is 0 Å². The molecule has 0 bridgehead atoms. The summed E-state index contributed by atoms with van der Waals surface area (Å²) in [5.41, 5.74) is 1.32. The minimum absolute atomic E-state index is 0.592. The van der Waals surface area contributed by atoms with Gasteiger partial charge in [-0.1, -0.05) is 0 Å². The van der Waals surface area contributed by atoms with E-state index in [0.29, 0.717) is 12.1 Å². The van der Waals surface area contributed by atoms with Crippen LogP contribution >= 0.6 is 0 Å². The van der Waals surface area contributed by atoms with Crippen LogP contribution < -0.4 is 5.32 Å². The number of hydrogen-bond donors (Lipinski definition) is 1. The first-order chi connectivity index (χ1) is 7.70. The molecule has 1 saturated heterocycles. The van der Waals surface area contributed by atoms with Crippen LogP contribution in [-0.4, -0.2) is 39.9 Å². The minimum Gasteiger partial charge on any atom is -0.311 e. The van der Waals surface area contributed by atoms with Gasteiger partial charge in [-0.2, -0.15) is 5.10 Å². The smallest absolute Gasteiger partial charge is 0.0524 e. The maximum Gasteiger partial charge on any atom is 0.0524 e. The van der Waals surface area contributed by atoms with Crippen LogP contribution in [-0.2, 0) is 13.1 Å². The van der Waals surface area contributed by atoms with E-state index in [1.54, 1.807) is 0 Å². The fourth-order valence-corrected chi connectivity index (χ4v) is 2.30. The maximum atomic E-state index is 4.32. The highest BCUT2D eigenvalue weighted by Gasteiger charge is 2.22. The molecular weight excluding hydrogens is 200 g/mol. The lowest BCUT2D eigenvalue weighted by atomic mass is 10.1. The average molecular weight is 222 g/mol. The Hall–Kier alpha value is -0.870. The maximum absolute atomic E-state index is 4.32. The topological polar surface area (TPSA) is 33.1 Å². The molecule has 2 rings (SSSR count). The van der Waals surface area contributed by atoms with Gasteiger partial charge in [0.05, 0.1) is 5.69 Å². The summed E-state index contributed by atoms with van der Waals surface area (Å²) < 4.78 is 2.08. The zero-order valence-electron chi connectivity index (χ0n) is 10.5. The van der Waals surface area contributed by atoms with Gasteiger partial charge in [0.25, 0.3) is 0 Å². The molecule has 4 heteroatoms. The van der Waals surface area contributed by atoms with Crippen molar-refractivity contribution in [3.8, 4) is 0 Å². The van der Waals surface area contributed by atoms with Gasteiger partial charge in [0.2, 0.25) is 0 Å². The fourth-order valence-electron chi connectivity index (χ4n) is 2.30. The lowest BCUT2D eigenvalue weighted by Crippen LogP contribution is -2.53. The molecule has 2 unspecified atom stereocenters. The number of aromatic nitrogens is 2. The Kier molecular flexibility index (Phi) is 3.61. The minimum atomic E-state index is 0.592. The first kappa shape index (κ1) is 11.6. The number of nitrogens with one attached hydrogen (secondary N) is 1. The molecule has 0 aliphatic carbocycles. The van der Waals surface area contributed by atoms with Crippen LogP contribution in [0.1, 0.15) is 26.5 Å². The van der Waals surface area contributed by atoms with Crippen LogP contribution in [0.4, 0.5) is 0 Å². The van der Waals surface area contributed by atoms with E-state index in [4.69, 9.17) is 0 Å². The third-order valence-corrected chi connectivity index (χ3v) is 3.36. The zero-order valence-corrected chi connectivity index (χ0v) is 10.5. The first-order valence-corrected chi connectivity index (χ1v) is 6.18. The molecule has 2 heterocycles. The monoisotopic (exact) mass is 222 g/mol. The van der Waals surface area contributed by atoms with Gasteiger partial charge in [0.1, 0.15) is 0 Å². The number of hydrogen-bond acceptors (Lipinski definition) is 3. The number of nitrogens with zero attached hydrogens (tertiary/aromatic N) is 3. The van der Waals surface area contributed by atoms with Crippen LogP contribution in [0.25, 0.3) is 0 Å². The predicted molar refractivity (Wildman–Crippen MR) is 65.2 cm³/mol. The second-order valence-electron chi connectivity index (χ2n) is 4.73. The molecule has 0 amide bonds. The van der Waals surface area contributed by atoms with Crippen molar-refractivity contribution in [3.63, 3.8) is 0 Å². The zero-order chi connectivity index (χ0) is 11.5. The van der Waals surface area contributed by atoms with E-state index in [1.165, 1.54) is 5.69 Å². The highest BCUT2D eigenvalue weighted by atomic mass is 15.3. The SMILES string of the molecule is CCn1nccc1CN1CC(C)NCC1C. The predicted octanol–water partition coefficient (Wildman–Crippen LogP) is 1.09. The Morgan fingerprint density at radius 3 is 3.06 bits per heavy atom. The molecule has 0 radical (unpaired) electrons. The second kappa shape index (κ2) is 4.97. The summed E-state index contributed by atoms with van der Waals surface area (Å²) >= 11 is 0. The quantitative estimate of drug-likeness (QED) is 0.831. The molecule has 1 aliphatic rings. The third-order valence-electron chi connectivity index (χ3n) is 3.36. The largest absolute Gasteiger partial charge is 0.311 e. The van der Waals surface area contributed by atoms with E-state index >= 15 is 0 Å². The number of aryl methyl sites for hydroxylation is 1. The van der Waals surface area contributed by atoms with Crippen molar-refractivity contribution < 1.29 is 0 Å². The van der Waals surface area contributed by atoms with Crippen molar-refractivity contribution in [3.05, 3.63) is 18.0 Å². The molecule has 90 valence electrons. The van der Waals surface area contributed by atoms with Gasteiger partial charge < -0.3 is 5.32 Å². The van der Waals surface area contributed by atoms with E-state index in [9.17, 15) is 0 Å². The van der Waals surface area contributed by atoms with E-state index < -0.39 is 0 Å². The van der Waals surface area contributed by atoms with Crippen molar-refractivity contribution in [2.24, 2.45) is 0 Å². The van der Waals surface area contributed by atoms with E-state index in [1.807, 2.05) is 6.20 Å². The van der Waals surface area contributed by atoms with Crippen molar-refractivity contribution in [2.45, 2.75) is 45.9 Å². The Morgan fingerprint density at radius 2 is 2.31 bits per heavy atom. The Balaban J connectivity index is 2.02. The average Bonchev–Trinajstić information content (AvgIpc) is 2.71. The summed E-state index contributed by atoms with van der Waals surface area (Å²) in [6, 6.07) is 3.33. The Bertz CT molecular complexity index is 334. The van der Waals surface area contributed by atoms with Crippen molar-refractivity contribution in [1.82, 2.24) is 20.0 Å². The molecule has 1 aromatic rings. The molecule has 1 fully saturated rings. The molecule has 0 spiro atoms. The van der Waals surface area contributed by atoms with Crippen molar-refractivity contribution in [1.29, 1.82) is 0 Å². The fraction of sp³-hybridized carbons (Fsp3) is 0.750. The van der Waals surface area contributed by atoms with Crippen LogP contribution in [0.2, 0.25) is 0 Å². The molecule has 2 atom stereocenters. The van der Waals surface area contributed by atoms with Crippen molar-refractivity contribution >= 4 is 0 Å². The Morgan fingerprint density at radius 1 is 1.50 bits per heavy atom. The summed E-state index contributed by atoms with van der Waals surface area (Å²) in [5, 5.41) is 7.82. The number of rotatable bonds is 3. The van der Waals surface area contributed by atoms with Crippen molar-refractivity contribution in [2.75, 3.05) is 13.1 Å². The molecule has 16 heavy (non-hydrogen) atoms. The van der Waals surface area contributed by atoms with Crippen LogP contribution in [0.3, 0.4) is 0 Å². The molecule has 1 aliphatic heterocycles. The molecule has 4 nitrogen and oxygen atoms in total. The van der Waals surface area contributed by atoms with Gasteiger partial charge in [-0.15, -0.1) is 0 Å². The molecular formula is C12H22N4. The van der Waals surface area contributed by atoms with Gasteiger partial charge in [-0.05, 0) is 26.8 Å². The summed E-state index contributed by atoms with van der Waals surface area (Å²) in [7, 11) is 0. The van der Waals surface area contributed by atoms with E-state index in [2.05, 4.69) is 46.8 Å². The first-order valence-electron chi connectivity index (χ1n) is 6.18. The van der Waals surface area contributed by atoms with Crippen LogP contribution in [0.5, 0.6) is 0 Å². The van der Waals surface area contributed by atoms with Gasteiger partial charge in [-0.25, -0.2) is 0 Å². The summed E-state index contributed by atoms with van der Waals surface area (Å²) in [4.78, 5) is 2.53. The summed E-state index contributed by atoms with van der Waals surface area (Å²) in [6.45, 7) is 10.8. The molecule has 0 aromatic carbocycles. The van der Waals surface area contributed by atoms with Crippen LogP contribution in [0.15, 0.2) is 12.3 Å². The third kappa shape index (κ3) is 2.44. The van der Waals surface area contributed by atoms with E-state index in [-0.39, 0.29) is 0 Å². The molecule has 0 saturated carbocycles. The second-order valence-corrected chi connectivity index (χ2v) is 4.73. The van der Waals surface area contributed by atoms with Gasteiger partial charge >= 0.3 is 0 Å². The van der Waals surface area contributed by atoms with Gasteiger partial charge in [-0.3, -0.25) is 9.58 Å². The van der Waals surface area contributed by atoms with Gasteiger partial charge in [0, 0.05) is 44.5 Å². The molecule has 1 aromatic heterocycles.